The van der Waals surface area contributed by atoms with Crippen molar-refractivity contribution in [1.29, 1.82) is 0 Å². The van der Waals surface area contributed by atoms with Gasteiger partial charge < -0.3 is 15.0 Å². The van der Waals surface area contributed by atoms with E-state index in [9.17, 15) is 9.59 Å². The predicted molar refractivity (Wildman–Crippen MR) is 89.4 cm³/mol. The SMILES string of the molecule is CC1(C)OC(=O)C[C@@H]1C(=O)N1CCc2nc([C@@H]3CCCN3)ncc2C1. The van der Waals surface area contributed by atoms with E-state index in [-0.39, 0.29) is 24.3 Å². The number of rotatable bonds is 2. The number of fused-ring (bicyclic) bond motifs is 1. The Bertz CT molecular complexity index is 712. The van der Waals surface area contributed by atoms with Crippen LogP contribution < -0.4 is 5.32 Å². The van der Waals surface area contributed by atoms with Crippen LogP contribution in [-0.4, -0.2) is 45.4 Å². The maximum absolute atomic E-state index is 12.9. The van der Waals surface area contributed by atoms with Crippen molar-refractivity contribution in [2.45, 2.75) is 57.7 Å². The standard InChI is InChI=1S/C18H24N4O3/c1-18(2)12(8-15(23)25-18)17(24)22-7-5-13-11(10-22)9-20-16(21-13)14-4-3-6-19-14/h9,12,14,19H,3-8,10H2,1-2H3/t12-,14+/m1/s1. The average Bonchev–Trinajstić information content (AvgIpc) is 3.20. The number of amides is 1. The molecule has 0 saturated carbocycles. The first-order valence-corrected chi connectivity index (χ1v) is 9.03. The van der Waals surface area contributed by atoms with Gasteiger partial charge in [0.2, 0.25) is 5.91 Å². The summed E-state index contributed by atoms with van der Waals surface area (Å²) in [6, 6.07) is 0.257. The van der Waals surface area contributed by atoms with Gasteiger partial charge in [0.15, 0.2) is 0 Å². The molecular weight excluding hydrogens is 320 g/mol. The molecule has 0 aromatic carbocycles. The van der Waals surface area contributed by atoms with Crippen LogP contribution in [0.1, 0.15) is 56.2 Å². The summed E-state index contributed by atoms with van der Waals surface area (Å²) >= 11 is 0. The molecule has 3 aliphatic rings. The Balaban J connectivity index is 1.49. The van der Waals surface area contributed by atoms with Crippen LogP contribution in [-0.2, 0) is 27.3 Å². The van der Waals surface area contributed by atoms with Crippen LogP contribution in [0, 0.1) is 5.92 Å². The van der Waals surface area contributed by atoms with Crippen LogP contribution in [0.15, 0.2) is 6.20 Å². The summed E-state index contributed by atoms with van der Waals surface area (Å²) in [5.41, 5.74) is 1.31. The molecule has 0 radical (unpaired) electrons. The van der Waals surface area contributed by atoms with E-state index in [4.69, 9.17) is 9.72 Å². The number of esters is 1. The average molecular weight is 344 g/mol. The van der Waals surface area contributed by atoms with Gasteiger partial charge in [0.25, 0.3) is 0 Å². The smallest absolute Gasteiger partial charge is 0.307 e. The molecule has 1 amide bonds. The zero-order valence-electron chi connectivity index (χ0n) is 14.7. The summed E-state index contributed by atoms with van der Waals surface area (Å²) in [5, 5.41) is 3.42. The Kier molecular flexibility index (Phi) is 3.98. The van der Waals surface area contributed by atoms with Gasteiger partial charge in [-0.25, -0.2) is 9.97 Å². The molecule has 0 aliphatic carbocycles. The number of ether oxygens (including phenoxy) is 1. The highest BCUT2D eigenvalue weighted by Gasteiger charge is 2.47. The Labute approximate surface area is 147 Å². The minimum atomic E-state index is -0.733. The largest absolute Gasteiger partial charge is 0.459 e. The maximum Gasteiger partial charge on any atom is 0.307 e. The lowest BCUT2D eigenvalue weighted by Gasteiger charge is -2.33. The summed E-state index contributed by atoms with van der Waals surface area (Å²) in [6.45, 7) is 5.77. The molecule has 2 atom stereocenters. The lowest BCUT2D eigenvalue weighted by atomic mass is 9.89. The summed E-state index contributed by atoms with van der Waals surface area (Å²) in [6.07, 6.45) is 4.99. The van der Waals surface area contributed by atoms with Crippen molar-refractivity contribution in [2.24, 2.45) is 5.92 Å². The van der Waals surface area contributed by atoms with Crippen LogP contribution in [0.5, 0.6) is 0 Å². The van der Waals surface area contributed by atoms with Crippen molar-refractivity contribution in [2.75, 3.05) is 13.1 Å². The molecule has 25 heavy (non-hydrogen) atoms. The van der Waals surface area contributed by atoms with Gasteiger partial charge in [0, 0.05) is 31.3 Å². The van der Waals surface area contributed by atoms with Crippen LogP contribution in [0.25, 0.3) is 0 Å². The van der Waals surface area contributed by atoms with Gasteiger partial charge in [-0.05, 0) is 33.2 Å². The van der Waals surface area contributed by atoms with Crippen molar-refractivity contribution >= 4 is 11.9 Å². The van der Waals surface area contributed by atoms with Crippen molar-refractivity contribution < 1.29 is 14.3 Å². The van der Waals surface area contributed by atoms with E-state index < -0.39 is 11.5 Å². The van der Waals surface area contributed by atoms with Gasteiger partial charge in [-0.15, -0.1) is 0 Å². The topological polar surface area (TPSA) is 84.4 Å². The molecule has 7 heteroatoms. The van der Waals surface area contributed by atoms with Gasteiger partial charge >= 0.3 is 5.97 Å². The molecule has 2 fully saturated rings. The zero-order valence-corrected chi connectivity index (χ0v) is 14.7. The number of nitrogens with zero attached hydrogens (tertiary/aromatic N) is 3. The van der Waals surface area contributed by atoms with Gasteiger partial charge in [-0.3, -0.25) is 9.59 Å². The van der Waals surface area contributed by atoms with Crippen molar-refractivity contribution in [1.82, 2.24) is 20.2 Å². The van der Waals surface area contributed by atoms with Crippen LogP contribution >= 0.6 is 0 Å². The van der Waals surface area contributed by atoms with Gasteiger partial charge in [-0.2, -0.15) is 0 Å². The monoisotopic (exact) mass is 344 g/mol. The van der Waals surface area contributed by atoms with E-state index in [0.29, 0.717) is 13.1 Å². The summed E-state index contributed by atoms with van der Waals surface area (Å²) in [4.78, 5) is 35.6. The number of carbonyl (C=O) groups is 2. The lowest BCUT2D eigenvalue weighted by Crippen LogP contribution is -2.45. The fraction of sp³-hybridized carbons (Fsp3) is 0.667. The first kappa shape index (κ1) is 16.4. The number of hydrogen-bond acceptors (Lipinski definition) is 6. The molecular formula is C18H24N4O3. The first-order chi connectivity index (χ1) is 11.9. The van der Waals surface area contributed by atoms with Gasteiger partial charge in [-0.1, -0.05) is 0 Å². The second-order valence-electron chi connectivity index (χ2n) is 7.69. The predicted octanol–water partition coefficient (Wildman–Crippen LogP) is 1.13. The Hall–Kier alpha value is -2.02. The minimum absolute atomic E-state index is 0.0111. The highest BCUT2D eigenvalue weighted by atomic mass is 16.6. The van der Waals surface area contributed by atoms with E-state index in [1.54, 1.807) is 0 Å². The third-order valence-electron chi connectivity index (χ3n) is 5.52. The van der Waals surface area contributed by atoms with Crippen LogP contribution in [0.2, 0.25) is 0 Å². The summed E-state index contributed by atoms with van der Waals surface area (Å²) < 4.78 is 5.30. The number of nitrogens with one attached hydrogen (secondary N) is 1. The lowest BCUT2D eigenvalue weighted by molar-refractivity contribution is -0.149. The molecule has 4 rings (SSSR count). The molecule has 4 heterocycles. The highest BCUT2D eigenvalue weighted by molar-refractivity contribution is 5.87. The molecule has 1 N–H and O–H groups in total. The number of cyclic esters (lactones) is 1. The molecule has 1 aromatic rings. The van der Waals surface area contributed by atoms with Gasteiger partial charge in [0.1, 0.15) is 11.4 Å². The van der Waals surface area contributed by atoms with Crippen LogP contribution in [0.3, 0.4) is 0 Å². The van der Waals surface area contributed by atoms with Gasteiger partial charge in [0.05, 0.1) is 24.1 Å². The Morgan fingerprint density at radius 1 is 1.44 bits per heavy atom. The number of hydrogen-bond donors (Lipinski definition) is 1. The van der Waals surface area contributed by atoms with Crippen molar-refractivity contribution in [3.8, 4) is 0 Å². The molecule has 7 nitrogen and oxygen atoms in total. The fourth-order valence-electron chi connectivity index (χ4n) is 4.02. The third kappa shape index (κ3) is 3.01. The van der Waals surface area contributed by atoms with E-state index >= 15 is 0 Å². The van der Waals surface area contributed by atoms with E-state index in [2.05, 4.69) is 10.3 Å². The summed E-state index contributed by atoms with van der Waals surface area (Å²) in [7, 11) is 0. The molecule has 0 unspecified atom stereocenters. The highest BCUT2D eigenvalue weighted by Crippen LogP contribution is 2.35. The zero-order chi connectivity index (χ0) is 17.6. The molecule has 3 aliphatic heterocycles. The first-order valence-electron chi connectivity index (χ1n) is 9.03. The van der Waals surface area contributed by atoms with E-state index in [1.807, 2.05) is 24.9 Å². The maximum atomic E-state index is 12.9. The number of carbonyl (C=O) groups excluding carboxylic acids is 2. The molecule has 2 saturated heterocycles. The summed E-state index contributed by atoms with van der Waals surface area (Å²) in [5.74, 6) is 0.150. The van der Waals surface area contributed by atoms with Crippen LogP contribution in [0.4, 0.5) is 0 Å². The second-order valence-corrected chi connectivity index (χ2v) is 7.69. The van der Waals surface area contributed by atoms with E-state index in [0.717, 1.165) is 42.9 Å². The number of aromatic nitrogens is 2. The van der Waals surface area contributed by atoms with Crippen molar-refractivity contribution in [3.63, 3.8) is 0 Å². The second kappa shape index (κ2) is 6.05. The molecule has 134 valence electrons. The van der Waals surface area contributed by atoms with Crippen molar-refractivity contribution in [3.05, 3.63) is 23.3 Å². The Morgan fingerprint density at radius 2 is 2.28 bits per heavy atom. The minimum Gasteiger partial charge on any atom is -0.459 e. The third-order valence-corrected chi connectivity index (χ3v) is 5.52. The normalized spacial score (nSPS) is 27.9. The molecule has 0 bridgehead atoms. The quantitative estimate of drug-likeness (QED) is 0.810. The molecule has 1 aromatic heterocycles. The van der Waals surface area contributed by atoms with E-state index in [1.165, 1.54) is 0 Å². The fourth-order valence-corrected chi connectivity index (χ4v) is 4.02. The Morgan fingerprint density at radius 3 is 2.96 bits per heavy atom. The molecule has 0 spiro atoms.